The maximum absolute atomic E-state index is 12.2. The van der Waals surface area contributed by atoms with Crippen LogP contribution in [0.1, 0.15) is 19.4 Å². The summed E-state index contributed by atoms with van der Waals surface area (Å²) < 4.78 is 23.8. The van der Waals surface area contributed by atoms with Crippen molar-refractivity contribution in [1.82, 2.24) is 4.90 Å². The van der Waals surface area contributed by atoms with E-state index >= 15 is 0 Å². The van der Waals surface area contributed by atoms with Gasteiger partial charge in [-0.1, -0.05) is 44.2 Å². The summed E-state index contributed by atoms with van der Waals surface area (Å²) in [7, 11) is -2.21. The number of hydrogen-bond acceptors (Lipinski definition) is 4. The number of carboxylic acids is 1. The van der Waals surface area contributed by atoms with Crippen LogP contribution >= 0.6 is 0 Å². The molecule has 6 nitrogen and oxygen atoms in total. The number of hydrogen-bond donors (Lipinski definition) is 1. The molecule has 23 heavy (non-hydrogen) atoms. The van der Waals surface area contributed by atoms with Gasteiger partial charge in [0.1, 0.15) is 11.8 Å². The molecule has 0 saturated heterocycles. The summed E-state index contributed by atoms with van der Waals surface area (Å²) in [5.41, 5.74) is 0.768. The standard InChI is InChI=1S/C16H23NO5S/c1-12(2)10-23(21,22)11-15(18)17(3)14(16(19)20)9-13-7-5-4-6-8-13/h4-8,12,14H,9-11H2,1-3H3,(H,19,20). The third-order valence-corrected chi connectivity index (χ3v) is 5.21. The van der Waals surface area contributed by atoms with Crippen molar-refractivity contribution in [3.8, 4) is 0 Å². The predicted octanol–water partition coefficient (Wildman–Crippen LogP) is 1.21. The maximum atomic E-state index is 12.2. The first-order valence-electron chi connectivity index (χ1n) is 7.35. The molecule has 0 aliphatic carbocycles. The molecule has 1 aromatic carbocycles. The van der Waals surface area contributed by atoms with Crippen molar-refractivity contribution < 1.29 is 23.1 Å². The highest BCUT2D eigenvalue weighted by atomic mass is 32.2. The number of carbonyl (C=O) groups excluding carboxylic acids is 1. The molecule has 0 spiro atoms. The first-order valence-corrected chi connectivity index (χ1v) is 9.17. The average molecular weight is 341 g/mol. The topological polar surface area (TPSA) is 91.8 Å². The Labute approximate surface area is 137 Å². The van der Waals surface area contributed by atoms with E-state index in [0.717, 1.165) is 10.5 Å². The number of benzene rings is 1. The summed E-state index contributed by atoms with van der Waals surface area (Å²) in [5.74, 6) is -2.71. The number of amides is 1. The van der Waals surface area contributed by atoms with Crippen LogP contribution in [0.2, 0.25) is 0 Å². The Morgan fingerprint density at radius 2 is 1.74 bits per heavy atom. The lowest BCUT2D eigenvalue weighted by Crippen LogP contribution is -2.46. The molecular weight excluding hydrogens is 318 g/mol. The lowest BCUT2D eigenvalue weighted by atomic mass is 10.1. The number of nitrogens with zero attached hydrogens (tertiary/aromatic N) is 1. The molecule has 1 aromatic rings. The summed E-state index contributed by atoms with van der Waals surface area (Å²) in [6, 6.07) is 7.81. The van der Waals surface area contributed by atoms with Gasteiger partial charge in [0, 0.05) is 13.5 Å². The third kappa shape index (κ3) is 6.40. The van der Waals surface area contributed by atoms with E-state index in [9.17, 15) is 23.1 Å². The molecule has 0 saturated carbocycles. The lowest BCUT2D eigenvalue weighted by Gasteiger charge is -2.25. The minimum atomic E-state index is -3.54. The van der Waals surface area contributed by atoms with Crippen LogP contribution in [-0.4, -0.2) is 54.9 Å². The van der Waals surface area contributed by atoms with Gasteiger partial charge in [0.2, 0.25) is 5.91 Å². The zero-order valence-corrected chi connectivity index (χ0v) is 14.4. The molecule has 1 unspecified atom stereocenters. The van der Waals surface area contributed by atoms with Crippen LogP contribution in [0.5, 0.6) is 0 Å². The number of sulfone groups is 1. The van der Waals surface area contributed by atoms with Crippen molar-refractivity contribution in [3.05, 3.63) is 35.9 Å². The van der Waals surface area contributed by atoms with E-state index in [4.69, 9.17) is 0 Å². The molecule has 1 atom stereocenters. The Hall–Kier alpha value is -1.89. The predicted molar refractivity (Wildman–Crippen MR) is 87.8 cm³/mol. The SMILES string of the molecule is CC(C)CS(=O)(=O)CC(=O)N(C)C(Cc1ccccc1)C(=O)O. The molecule has 0 bridgehead atoms. The van der Waals surface area contributed by atoms with Gasteiger partial charge in [-0.25, -0.2) is 13.2 Å². The molecule has 0 radical (unpaired) electrons. The van der Waals surface area contributed by atoms with E-state index in [1.807, 2.05) is 6.07 Å². The van der Waals surface area contributed by atoms with Gasteiger partial charge in [0.05, 0.1) is 5.75 Å². The van der Waals surface area contributed by atoms with Gasteiger partial charge in [-0.3, -0.25) is 4.79 Å². The van der Waals surface area contributed by atoms with E-state index in [-0.39, 0.29) is 18.1 Å². The third-order valence-electron chi connectivity index (χ3n) is 3.35. The summed E-state index contributed by atoms with van der Waals surface area (Å²) in [5, 5.41) is 9.35. The summed E-state index contributed by atoms with van der Waals surface area (Å²) >= 11 is 0. The van der Waals surface area contributed by atoms with Gasteiger partial charge in [-0.15, -0.1) is 0 Å². The van der Waals surface area contributed by atoms with Crippen molar-refractivity contribution >= 4 is 21.7 Å². The van der Waals surface area contributed by atoms with Crippen LogP contribution in [-0.2, 0) is 25.8 Å². The molecule has 1 amide bonds. The monoisotopic (exact) mass is 341 g/mol. The van der Waals surface area contributed by atoms with Gasteiger partial charge in [0.15, 0.2) is 9.84 Å². The van der Waals surface area contributed by atoms with Crippen molar-refractivity contribution in [1.29, 1.82) is 0 Å². The number of carboxylic acid groups (broad SMARTS) is 1. The Kier molecular flexibility index (Phi) is 6.75. The first-order chi connectivity index (χ1) is 10.6. The second-order valence-corrected chi connectivity index (χ2v) is 8.11. The zero-order valence-electron chi connectivity index (χ0n) is 13.6. The molecule has 0 fully saturated rings. The summed E-state index contributed by atoms with van der Waals surface area (Å²) in [6.07, 6.45) is 0.128. The fourth-order valence-electron chi connectivity index (χ4n) is 2.26. The summed E-state index contributed by atoms with van der Waals surface area (Å²) in [6.45, 7) is 3.50. The second kappa shape index (κ2) is 8.10. The van der Waals surface area contributed by atoms with Gasteiger partial charge in [0.25, 0.3) is 0 Å². The van der Waals surface area contributed by atoms with E-state index in [1.54, 1.807) is 38.1 Å². The van der Waals surface area contributed by atoms with Crippen molar-refractivity contribution in [2.45, 2.75) is 26.3 Å². The van der Waals surface area contributed by atoms with Crippen LogP contribution in [0.15, 0.2) is 30.3 Å². The highest BCUT2D eigenvalue weighted by Crippen LogP contribution is 2.10. The van der Waals surface area contributed by atoms with Gasteiger partial charge in [-0.05, 0) is 11.5 Å². The molecule has 1 N–H and O–H groups in total. The van der Waals surface area contributed by atoms with Gasteiger partial charge < -0.3 is 10.0 Å². The minimum Gasteiger partial charge on any atom is -0.480 e. The normalized spacial score (nSPS) is 12.9. The number of likely N-dealkylation sites (N-methyl/N-ethyl adjacent to an activating group) is 1. The number of rotatable bonds is 8. The minimum absolute atomic E-state index is 0.0855. The summed E-state index contributed by atoms with van der Waals surface area (Å²) in [4.78, 5) is 24.6. The molecule has 0 aromatic heterocycles. The number of aliphatic carboxylic acids is 1. The van der Waals surface area contributed by atoms with Gasteiger partial charge in [-0.2, -0.15) is 0 Å². The Bertz CT molecular complexity index is 640. The Morgan fingerprint density at radius 1 is 1.17 bits per heavy atom. The van der Waals surface area contributed by atoms with E-state index in [2.05, 4.69) is 0 Å². The largest absolute Gasteiger partial charge is 0.480 e. The fourth-order valence-corrected chi connectivity index (χ4v) is 3.97. The second-order valence-electron chi connectivity index (χ2n) is 6.00. The van der Waals surface area contributed by atoms with Crippen LogP contribution in [0.25, 0.3) is 0 Å². The molecule has 7 heteroatoms. The maximum Gasteiger partial charge on any atom is 0.326 e. The van der Waals surface area contributed by atoms with Crippen LogP contribution in [0.4, 0.5) is 0 Å². The number of carbonyl (C=O) groups is 2. The Morgan fingerprint density at radius 3 is 2.22 bits per heavy atom. The van der Waals surface area contributed by atoms with Gasteiger partial charge >= 0.3 is 5.97 Å². The van der Waals surface area contributed by atoms with E-state index < -0.39 is 33.5 Å². The van der Waals surface area contributed by atoms with Crippen molar-refractivity contribution in [2.75, 3.05) is 18.6 Å². The highest BCUT2D eigenvalue weighted by Gasteiger charge is 2.29. The van der Waals surface area contributed by atoms with E-state index in [1.165, 1.54) is 7.05 Å². The van der Waals surface area contributed by atoms with Crippen LogP contribution in [0.3, 0.4) is 0 Å². The first kappa shape index (κ1) is 19.2. The average Bonchev–Trinajstić information content (AvgIpc) is 2.42. The molecule has 0 heterocycles. The van der Waals surface area contributed by atoms with Crippen LogP contribution in [0, 0.1) is 5.92 Å². The molecule has 1 rings (SSSR count). The fraction of sp³-hybridized carbons (Fsp3) is 0.500. The molecule has 0 aliphatic heterocycles. The van der Waals surface area contributed by atoms with Crippen molar-refractivity contribution in [3.63, 3.8) is 0 Å². The van der Waals surface area contributed by atoms with Crippen LogP contribution < -0.4 is 0 Å². The van der Waals surface area contributed by atoms with E-state index in [0.29, 0.717) is 0 Å². The quantitative estimate of drug-likeness (QED) is 0.767. The lowest BCUT2D eigenvalue weighted by molar-refractivity contribution is -0.148. The van der Waals surface area contributed by atoms with Crippen molar-refractivity contribution in [2.24, 2.45) is 5.92 Å². The highest BCUT2D eigenvalue weighted by molar-refractivity contribution is 7.92. The Balaban J connectivity index is 2.83. The zero-order chi connectivity index (χ0) is 17.6. The molecule has 128 valence electrons. The molecular formula is C16H23NO5S. The molecule has 0 aliphatic rings. The smallest absolute Gasteiger partial charge is 0.326 e.